The Morgan fingerprint density at radius 3 is 1.81 bits per heavy atom. The summed E-state index contributed by atoms with van der Waals surface area (Å²) in [7, 11) is 1.73. The normalized spacial score (nSPS) is 22.8. The van der Waals surface area contributed by atoms with Gasteiger partial charge in [0.05, 0.1) is 11.1 Å². The molecular formula is C13H13F6NO. The van der Waals surface area contributed by atoms with Gasteiger partial charge in [-0.3, -0.25) is 0 Å². The monoisotopic (exact) mass is 313 g/mol. The molecule has 21 heavy (non-hydrogen) atoms. The fourth-order valence-corrected chi connectivity index (χ4v) is 2.08. The van der Waals surface area contributed by atoms with E-state index in [0.717, 1.165) is 0 Å². The predicted molar refractivity (Wildman–Crippen MR) is 62.9 cm³/mol. The van der Waals surface area contributed by atoms with Crippen molar-refractivity contribution in [3.05, 3.63) is 29.3 Å². The summed E-state index contributed by atoms with van der Waals surface area (Å²) in [6.07, 6.45) is -8.98. The van der Waals surface area contributed by atoms with Crippen LogP contribution in [0.5, 0.6) is 5.75 Å². The molecule has 1 N–H and O–H groups in total. The van der Waals surface area contributed by atoms with Crippen LogP contribution in [0.1, 0.15) is 24.0 Å². The molecule has 1 saturated carbocycles. The molecule has 1 aromatic rings. The van der Waals surface area contributed by atoms with Crippen molar-refractivity contribution in [3.8, 4) is 5.75 Å². The minimum atomic E-state index is -4.85. The van der Waals surface area contributed by atoms with Crippen LogP contribution in [0.15, 0.2) is 18.2 Å². The average Bonchev–Trinajstić information content (AvgIpc) is 2.30. The Hall–Kier alpha value is -1.44. The molecule has 0 aliphatic heterocycles. The summed E-state index contributed by atoms with van der Waals surface area (Å²) < 4.78 is 81.1. The maximum atomic E-state index is 12.7. The number of hydrogen-bond acceptors (Lipinski definition) is 2. The fraction of sp³-hybridized carbons (Fsp3) is 0.538. The van der Waals surface area contributed by atoms with Gasteiger partial charge in [-0.2, -0.15) is 26.3 Å². The summed E-state index contributed by atoms with van der Waals surface area (Å²) in [6, 6.07) is 1.47. The van der Waals surface area contributed by atoms with Crippen LogP contribution >= 0.6 is 0 Å². The van der Waals surface area contributed by atoms with Crippen molar-refractivity contribution in [1.82, 2.24) is 5.32 Å². The average molecular weight is 313 g/mol. The minimum absolute atomic E-state index is 0.0873. The van der Waals surface area contributed by atoms with Gasteiger partial charge in [0.1, 0.15) is 11.9 Å². The van der Waals surface area contributed by atoms with Crippen molar-refractivity contribution in [2.75, 3.05) is 7.05 Å². The first-order chi connectivity index (χ1) is 9.59. The highest BCUT2D eigenvalue weighted by atomic mass is 19.4. The van der Waals surface area contributed by atoms with Crippen LogP contribution in [0.3, 0.4) is 0 Å². The lowest BCUT2D eigenvalue weighted by atomic mass is 9.89. The summed E-state index contributed by atoms with van der Waals surface area (Å²) in [5.41, 5.74) is -2.73. The van der Waals surface area contributed by atoms with Gasteiger partial charge in [0, 0.05) is 6.04 Å². The van der Waals surface area contributed by atoms with Crippen molar-refractivity contribution < 1.29 is 31.1 Å². The van der Waals surface area contributed by atoms with E-state index in [1.54, 1.807) is 7.05 Å². The van der Waals surface area contributed by atoms with E-state index in [1.807, 2.05) is 0 Å². The van der Waals surface area contributed by atoms with Crippen molar-refractivity contribution in [3.63, 3.8) is 0 Å². The number of alkyl halides is 6. The second-order valence-corrected chi connectivity index (χ2v) is 4.94. The zero-order chi connectivity index (χ0) is 15.8. The van der Waals surface area contributed by atoms with Crippen molar-refractivity contribution in [2.24, 2.45) is 0 Å². The highest BCUT2D eigenvalue weighted by Gasteiger charge is 2.38. The van der Waals surface area contributed by atoms with Gasteiger partial charge in [0.15, 0.2) is 0 Å². The van der Waals surface area contributed by atoms with Gasteiger partial charge >= 0.3 is 12.4 Å². The number of halogens is 6. The summed E-state index contributed by atoms with van der Waals surface area (Å²) >= 11 is 0. The van der Waals surface area contributed by atoms with Gasteiger partial charge in [0.2, 0.25) is 0 Å². The third-order valence-electron chi connectivity index (χ3n) is 3.37. The number of ether oxygens (including phenoxy) is 1. The van der Waals surface area contributed by atoms with Crippen LogP contribution in [0, 0.1) is 0 Å². The van der Waals surface area contributed by atoms with Gasteiger partial charge < -0.3 is 10.1 Å². The first kappa shape index (κ1) is 15.9. The van der Waals surface area contributed by atoms with Gasteiger partial charge in [-0.15, -0.1) is 0 Å². The van der Waals surface area contributed by atoms with E-state index in [1.165, 1.54) is 0 Å². The molecule has 1 aromatic carbocycles. The molecule has 2 rings (SSSR count). The largest absolute Gasteiger partial charge is 0.490 e. The Kier molecular flexibility index (Phi) is 4.10. The number of rotatable bonds is 3. The quantitative estimate of drug-likeness (QED) is 0.856. The lowest BCUT2D eigenvalue weighted by Gasteiger charge is -2.35. The second-order valence-electron chi connectivity index (χ2n) is 4.94. The zero-order valence-electron chi connectivity index (χ0n) is 11.0. The third-order valence-corrected chi connectivity index (χ3v) is 3.37. The molecule has 0 unspecified atom stereocenters. The van der Waals surface area contributed by atoms with Gasteiger partial charge in [-0.05, 0) is 38.1 Å². The summed E-state index contributed by atoms with van der Waals surface area (Å²) in [4.78, 5) is 0. The van der Waals surface area contributed by atoms with Crippen molar-refractivity contribution in [1.29, 1.82) is 0 Å². The Morgan fingerprint density at radius 1 is 0.952 bits per heavy atom. The van der Waals surface area contributed by atoms with E-state index in [9.17, 15) is 26.3 Å². The first-order valence-corrected chi connectivity index (χ1v) is 6.23. The maximum absolute atomic E-state index is 12.7. The molecule has 0 aromatic heterocycles. The van der Waals surface area contributed by atoms with E-state index in [0.29, 0.717) is 25.0 Å². The van der Waals surface area contributed by atoms with E-state index in [4.69, 9.17) is 4.74 Å². The fourth-order valence-electron chi connectivity index (χ4n) is 2.08. The summed E-state index contributed by atoms with van der Waals surface area (Å²) in [5, 5.41) is 2.95. The Balaban J connectivity index is 2.24. The van der Waals surface area contributed by atoms with E-state index < -0.39 is 29.2 Å². The van der Waals surface area contributed by atoms with E-state index in [2.05, 4.69) is 5.32 Å². The predicted octanol–water partition coefficient (Wildman–Crippen LogP) is 3.85. The number of hydrogen-bond donors (Lipinski definition) is 1. The summed E-state index contributed by atoms with van der Waals surface area (Å²) in [6.45, 7) is 0. The second kappa shape index (κ2) is 5.40. The standard InChI is InChI=1S/C13H13F6NO/c1-20-9-5-11(6-9)21-10-3-7(12(14,15)16)2-8(4-10)13(17,18)19/h2-4,9,11,20H,5-6H2,1H3. The van der Waals surface area contributed by atoms with Gasteiger partial charge in [0.25, 0.3) is 0 Å². The molecule has 1 aliphatic carbocycles. The van der Waals surface area contributed by atoms with Crippen molar-refractivity contribution in [2.45, 2.75) is 37.3 Å². The lowest BCUT2D eigenvalue weighted by Crippen LogP contribution is -2.45. The Morgan fingerprint density at radius 2 is 1.43 bits per heavy atom. The number of benzene rings is 1. The van der Waals surface area contributed by atoms with Crippen LogP contribution < -0.4 is 10.1 Å². The van der Waals surface area contributed by atoms with Crippen molar-refractivity contribution >= 4 is 0 Å². The Labute approximate surface area is 117 Å². The molecule has 0 radical (unpaired) electrons. The molecule has 0 heterocycles. The molecule has 1 aliphatic rings. The van der Waals surface area contributed by atoms with Crippen LogP contribution in [-0.4, -0.2) is 19.2 Å². The molecule has 0 amide bonds. The van der Waals surface area contributed by atoms with E-state index in [-0.39, 0.29) is 18.2 Å². The zero-order valence-corrected chi connectivity index (χ0v) is 11.0. The molecule has 8 heteroatoms. The molecule has 0 spiro atoms. The smallest absolute Gasteiger partial charge is 0.416 e. The molecular weight excluding hydrogens is 300 g/mol. The van der Waals surface area contributed by atoms with Gasteiger partial charge in [-0.25, -0.2) is 0 Å². The lowest BCUT2D eigenvalue weighted by molar-refractivity contribution is -0.143. The van der Waals surface area contributed by atoms with Crippen LogP contribution in [0.25, 0.3) is 0 Å². The molecule has 118 valence electrons. The molecule has 1 fully saturated rings. The molecule has 0 saturated heterocycles. The SMILES string of the molecule is CNC1CC(Oc2cc(C(F)(F)F)cc(C(F)(F)F)c2)C1. The minimum Gasteiger partial charge on any atom is -0.490 e. The molecule has 2 nitrogen and oxygen atoms in total. The molecule has 0 atom stereocenters. The van der Waals surface area contributed by atoms with E-state index >= 15 is 0 Å². The highest BCUT2D eigenvalue weighted by molar-refractivity contribution is 5.37. The number of nitrogens with one attached hydrogen (secondary N) is 1. The van der Waals surface area contributed by atoms with Crippen LogP contribution in [0.2, 0.25) is 0 Å². The Bertz CT molecular complexity index is 472. The van der Waals surface area contributed by atoms with Crippen LogP contribution in [-0.2, 0) is 12.4 Å². The highest BCUT2D eigenvalue weighted by Crippen LogP contribution is 2.39. The molecule has 0 bridgehead atoms. The first-order valence-electron chi connectivity index (χ1n) is 6.23. The summed E-state index contributed by atoms with van der Waals surface area (Å²) in [5.74, 6) is -0.406. The third kappa shape index (κ3) is 3.81. The van der Waals surface area contributed by atoms with Crippen LogP contribution in [0.4, 0.5) is 26.3 Å². The topological polar surface area (TPSA) is 21.3 Å². The maximum Gasteiger partial charge on any atom is 0.416 e. The van der Waals surface area contributed by atoms with Gasteiger partial charge in [-0.1, -0.05) is 0 Å².